The number of hydrogen-bond acceptors (Lipinski definition) is 5. The highest BCUT2D eigenvalue weighted by Crippen LogP contribution is 2.36. The molecular formula is C21H21FN2O4. The van der Waals surface area contributed by atoms with E-state index in [4.69, 9.17) is 4.74 Å². The van der Waals surface area contributed by atoms with Crippen LogP contribution in [-0.2, 0) is 16.1 Å². The summed E-state index contributed by atoms with van der Waals surface area (Å²) in [7, 11) is 3.10. The van der Waals surface area contributed by atoms with E-state index >= 15 is 0 Å². The van der Waals surface area contributed by atoms with Crippen LogP contribution in [0.4, 0.5) is 4.39 Å². The summed E-state index contributed by atoms with van der Waals surface area (Å²) in [5.41, 5.74) is 1.04. The Bertz CT molecular complexity index is 942. The number of likely N-dealkylation sites (N-methyl/N-ethyl adjacent to an activating group) is 1. The predicted octanol–water partition coefficient (Wildman–Crippen LogP) is 2.04. The van der Waals surface area contributed by atoms with E-state index in [0.29, 0.717) is 11.3 Å². The Morgan fingerprint density at radius 3 is 2.43 bits per heavy atom. The number of aliphatic hydroxyl groups excluding tert-OH is 1. The summed E-state index contributed by atoms with van der Waals surface area (Å²) >= 11 is 0. The zero-order chi connectivity index (χ0) is 20.3. The number of aliphatic hydroxyl groups is 1. The number of para-hydroxylation sites is 1. The van der Waals surface area contributed by atoms with Crippen LogP contribution in [0, 0.1) is 5.82 Å². The van der Waals surface area contributed by atoms with Gasteiger partial charge in [0.1, 0.15) is 17.3 Å². The van der Waals surface area contributed by atoms with Crippen molar-refractivity contribution >= 4 is 17.4 Å². The number of rotatable bonds is 7. The van der Waals surface area contributed by atoms with Crippen LogP contribution in [0.5, 0.6) is 5.75 Å². The molecule has 0 atom stereocenters. The van der Waals surface area contributed by atoms with Gasteiger partial charge in [-0.1, -0.05) is 36.4 Å². The van der Waals surface area contributed by atoms with Crippen molar-refractivity contribution in [2.75, 3.05) is 27.3 Å². The number of imide groups is 1. The average Bonchev–Trinajstić information content (AvgIpc) is 2.94. The van der Waals surface area contributed by atoms with Gasteiger partial charge in [-0.3, -0.25) is 14.5 Å². The lowest BCUT2D eigenvalue weighted by Crippen LogP contribution is -2.34. The van der Waals surface area contributed by atoms with E-state index in [-0.39, 0.29) is 36.5 Å². The third-order valence-electron chi connectivity index (χ3n) is 4.62. The van der Waals surface area contributed by atoms with Crippen molar-refractivity contribution in [3.05, 3.63) is 71.2 Å². The molecule has 3 rings (SSSR count). The number of ether oxygens (including phenoxy) is 1. The van der Waals surface area contributed by atoms with Crippen LogP contribution in [0.15, 0.2) is 54.2 Å². The van der Waals surface area contributed by atoms with E-state index in [1.807, 2.05) is 0 Å². The van der Waals surface area contributed by atoms with Gasteiger partial charge in [-0.2, -0.15) is 0 Å². The van der Waals surface area contributed by atoms with Crippen LogP contribution in [-0.4, -0.2) is 54.0 Å². The normalized spacial score (nSPS) is 14.1. The number of nitrogens with zero attached hydrogens (tertiary/aromatic N) is 2. The smallest absolute Gasteiger partial charge is 0.278 e. The molecule has 2 amide bonds. The largest absolute Gasteiger partial charge is 0.496 e. The van der Waals surface area contributed by atoms with Crippen LogP contribution < -0.4 is 4.74 Å². The van der Waals surface area contributed by atoms with Crippen LogP contribution in [0.25, 0.3) is 5.57 Å². The SMILES string of the molecule is COc1ccccc1C1=C(N(C)CCO)C(=O)N(Cc2ccccc2F)C1=O. The van der Waals surface area contributed by atoms with Gasteiger partial charge in [0.15, 0.2) is 0 Å². The summed E-state index contributed by atoms with van der Waals surface area (Å²) in [5.74, 6) is -1.11. The molecule has 28 heavy (non-hydrogen) atoms. The van der Waals surface area contributed by atoms with E-state index in [0.717, 1.165) is 4.90 Å². The summed E-state index contributed by atoms with van der Waals surface area (Å²) < 4.78 is 19.4. The quantitative estimate of drug-likeness (QED) is 0.740. The Labute approximate surface area is 162 Å². The topological polar surface area (TPSA) is 70.1 Å². The highest BCUT2D eigenvalue weighted by molar-refractivity contribution is 6.35. The average molecular weight is 384 g/mol. The van der Waals surface area contributed by atoms with Crippen molar-refractivity contribution in [2.45, 2.75) is 6.54 Å². The zero-order valence-corrected chi connectivity index (χ0v) is 15.7. The molecule has 0 fully saturated rings. The van der Waals surface area contributed by atoms with Crippen LogP contribution in [0.3, 0.4) is 0 Å². The minimum absolute atomic E-state index is 0.153. The van der Waals surface area contributed by atoms with Crippen molar-refractivity contribution in [3.63, 3.8) is 0 Å². The summed E-state index contributed by atoms with van der Waals surface area (Å²) in [6.07, 6.45) is 0. The Morgan fingerprint density at radius 1 is 1.07 bits per heavy atom. The van der Waals surface area contributed by atoms with Crippen molar-refractivity contribution in [1.82, 2.24) is 9.80 Å². The molecule has 1 aliphatic heterocycles. The molecule has 0 bridgehead atoms. The van der Waals surface area contributed by atoms with Crippen LogP contribution in [0.1, 0.15) is 11.1 Å². The van der Waals surface area contributed by atoms with Crippen LogP contribution >= 0.6 is 0 Å². The van der Waals surface area contributed by atoms with E-state index in [9.17, 15) is 19.1 Å². The molecule has 0 spiro atoms. The Hall–Kier alpha value is -3.19. The maximum absolute atomic E-state index is 14.1. The predicted molar refractivity (Wildman–Crippen MR) is 102 cm³/mol. The molecule has 0 aromatic heterocycles. The number of amides is 2. The van der Waals surface area contributed by atoms with Gasteiger partial charge >= 0.3 is 0 Å². The van der Waals surface area contributed by atoms with Gasteiger partial charge < -0.3 is 14.7 Å². The van der Waals surface area contributed by atoms with Crippen molar-refractivity contribution in [1.29, 1.82) is 0 Å². The standard InChI is InChI=1S/C21H21FN2O4/c1-23(11-12-25)19-18(15-8-4-6-10-17(15)28-2)20(26)24(21(19)27)13-14-7-3-5-9-16(14)22/h3-10,25H,11-13H2,1-2H3. The number of benzene rings is 2. The second-order valence-corrected chi connectivity index (χ2v) is 6.36. The van der Waals surface area contributed by atoms with Crippen molar-refractivity contribution < 1.29 is 23.8 Å². The lowest BCUT2D eigenvalue weighted by Gasteiger charge is -2.20. The molecule has 2 aromatic carbocycles. The van der Waals surface area contributed by atoms with Gasteiger partial charge in [-0.25, -0.2) is 4.39 Å². The molecule has 7 heteroatoms. The fourth-order valence-electron chi connectivity index (χ4n) is 3.21. The number of hydrogen-bond donors (Lipinski definition) is 1. The third kappa shape index (κ3) is 3.48. The van der Waals surface area contributed by atoms with E-state index in [2.05, 4.69) is 0 Å². The van der Waals surface area contributed by atoms with Crippen molar-refractivity contribution in [3.8, 4) is 5.75 Å². The molecule has 0 radical (unpaired) electrons. The van der Waals surface area contributed by atoms with Gasteiger partial charge in [0.2, 0.25) is 0 Å². The van der Waals surface area contributed by atoms with E-state index in [1.54, 1.807) is 43.4 Å². The maximum Gasteiger partial charge on any atom is 0.278 e. The first kappa shape index (κ1) is 19.6. The van der Waals surface area contributed by atoms with Crippen LogP contribution in [0.2, 0.25) is 0 Å². The molecular weight excluding hydrogens is 363 g/mol. The van der Waals surface area contributed by atoms with Gasteiger partial charge in [0.25, 0.3) is 11.8 Å². The highest BCUT2D eigenvalue weighted by atomic mass is 19.1. The Kier molecular flexibility index (Phi) is 5.75. The lowest BCUT2D eigenvalue weighted by molar-refractivity contribution is -0.138. The molecule has 0 aliphatic carbocycles. The number of halogens is 1. The number of carbonyl (C=O) groups excluding carboxylic acids is 2. The molecule has 0 saturated heterocycles. The first-order valence-corrected chi connectivity index (χ1v) is 8.78. The summed E-state index contributed by atoms with van der Waals surface area (Å²) in [6.45, 7) is -0.200. The molecule has 2 aromatic rings. The first-order valence-electron chi connectivity index (χ1n) is 8.78. The Morgan fingerprint density at radius 2 is 1.75 bits per heavy atom. The zero-order valence-electron chi connectivity index (χ0n) is 15.7. The van der Waals surface area contributed by atoms with E-state index < -0.39 is 17.6 Å². The van der Waals surface area contributed by atoms with Gasteiger partial charge in [0.05, 0.1) is 25.8 Å². The maximum atomic E-state index is 14.1. The highest BCUT2D eigenvalue weighted by Gasteiger charge is 2.41. The fraction of sp³-hybridized carbons (Fsp3) is 0.238. The van der Waals surface area contributed by atoms with Crippen molar-refractivity contribution in [2.24, 2.45) is 0 Å². The lowest BCUT2D eigenvalue weighted by atomic mass is 10.0. The second kappa shape index (κ2) is 8.22. The summed E-state index contributed by atoms with van der Waals surface area (Å²) in [5, 5.41) is 9.30. The molecule has 0 unspecified atom stereocenters. The Balaban J connectivity index is 2.08. The van der Waals surface area contributed by atoms with E-state index in [1.165, 1.54) is 24.1 Å². The van der Waals surface area contributed by atoms with Gasteiger partial charge in [0, 0.05) is 24.7 Å². The molecule has 146 valence electrons. The number of methoxy groups -OCH3 is 1. The second-order valence-electron chi connectivity index (χ2n) is 6.36. The summed E-state index contributed by atoms with van der Waals surface area (Å²) in [4.78, 5) is 28.8. The third-order valence-corrected chi connectivity index (χ3v) is 4.62. The molecule has 0 saturated carbocycles. The monoisotopic (exact) mass is 384 g/mol. The number of carbonyl (C=O) groups is 2. The minimum atomic E-state index is -0.537. The van der Waals surface area contributed by atoms with Gasteiger partial charge in [-0.05, 0) is 12.1 Å². The first-order chi connectivity index (χ1) is 13.5. The molecule has 1 heterocycles. The van der Waals surface area contributed by atoms with Gasteiger partial charge in [-0.15, -0.1) is 0 Å². The molecule has 1 aliphatic rings. The summed E-state index contributed by atoms with van der Waals surface area (Å²) in [6, 6.07) is 12.9. The minimum Gasteiger partial charge on any atom is -0.496 e. The molecule has 6 nitrogen and oxygen atoms in total. The molecule has 1 N–H and O–H groups in total. The fourth-order valence-corrected chi connectivity index (χ4v) is 3.21.